The first-order chi connectivity index (χ1) is 14.6. The molecule has 1 saturated heterocycles. The Kier molecular flexibility index (Phi) is 6.65. The van der Waals surface area contributed by atoms with Crippen molar-refractivity contribution >= 4 is 51.8 Å². The second kappa shape index (κ2) is 9.58. The van der Waals surface area contributed by atoms with Crippen molar-refractivity contribution in [1.82, 2.24) is 9.47 Å². The van der Waals surface area contributed by atoms with Gasteiger partial charge in [-0.15, -0.1) is 11.8 Å². The molecular weight excluding hydrogens is 418 g/mol. The molecule has 0 radical (unpaired) electrons. The number of fused-ring (bicyclic) bond motifs is 1. The summed E-state index contributed by atoms with van der Waals surface area (Å²) < 4.78 is 2.00. The van der Waals surface area contributed by atoms with Gasteiger partial charge in [0.15, 0.2) is 0 Å². The van der Waals surface area contributed by atoms with Crippen LogP contribution in [0.4, 0.5) is 5.69 Å². The number of thioether (sulfide) groups is 1. The van der Waals surface area contributed by atoms with Crippen molar-refractivity contribution in [3.8, 4) is 0 Å². The van der Waals surface area contributed by atoms with E-state index in [1.807, 2.05) is 46.0 Å². The standard InChI is InChI=1S/C23H24ClN3O2S/c24-17-7-6-8-18(13-17)25-22(28)16-30-21-14-27(20-10-3-2-9-19(20)21)15-23(29)26-11-4-1-5-12-26/h2-3,6-10,13-14H,1,4-5,11-12,15-16H2,(H,25,28). The fourth-order valence-corrected chi connectivity index (χ4v) is 4.83. The Hall–Kier alpha value is -2.44. The van der Waals surface area contributed by atoms with Gasteiger partial charge in [0.1, 0.15) is 6.54 Å². The summed E-state index contributed by atoms with van der Waals surface area (Å²) in [6, 6.07) is 15.1. The highest BCUT2D eigenvalue weighted by atomic mass is 35.5. The Morgan fingerprint density at radius 2 is 1.83 bits per heavy atom. The molecule has 0 atom stereocenters. The fraction of sp³-hybridized carbons (Fsp3) is 0.304. The molecule has 2 heterocycles. The largest absolute Gasteiger partial charge is 0.341 e. The molecule has 1 aromatic heterocycles. The predicted molar refractivity (Wildman–Crippen MR) is 123 cm³/mol. The molecule has 3 aromatic rings. The highest BCUT2D eigenvalue weighted by Gasteiger charge is 2.18. The molecule has 1 aliphatic heterocycles. The van der Waals surface area contributed by atoms with Gasteiger partial charge in [-0.05, 0) is 43.5 Å². The summed E-state index contributed by atoms with van der Waals surface area (Å²) in [4.78, 5) is 28.1. The number of aromatic nitrogens is 1. The first kappa shape index (κ1) is 20.8. The number of nitrogens with one attached hydrogen (secondary N) is 1. The van der Waals surface area contributed by atoms with Gasteiger partial charge >= 0.3 is 0 Å². The van der Waals surface area contributed by atoms with Crippen LogP contribution in [0.15, 0.2) is 59.6 Å². The SMILES string of the molecule is O=C(CSc1cn(CC(=O)N2CCCCC2)c2ccccc12)Nc1cccc(Cl)c1. The maximum atomic E-state index is 12.7. The highest BCUT2D eigenvalue weighted by molar-refractivity contribution is 8.00. The van der Waals surface area contributed by atoms with E-state index >= 15 is 0 Å². The summed E-state index contributed by atoms with van der Waals surface area (Å²) in [5.74, 6) is 0.342. The average Bonchev–Trinajstić information content (AvgIpc) is 3.10. The zero-order valence-electron chi connectivity index (χ0n) is 16.6. The van der Waals surface area contributed by atoms with Crippen molar-refractivity contribution in [3.63, 3.8) is 0 Å². The number of carbonyl (C=O) groups excluding carboxylic acids is 2. The van der Waals surface area contributed by atoms with E-state index in [4.69, 9.17) is 11.6 Å². The lowest BCUT2D eigenvalue weighted by molar-refractivity contribution is -0.132. The molecule has 4 rings (SSSR count). The number of halogens is 1. The van der Waals surface area contributed by atoms with Gasteiger partial charge in [-0.1, -0.05) is 35.9 Å². The van der Waals surface area contributed by atoms with Crippen molar-refractivity contribution in [2.75, 3.05) is 24.2 Å². The van der Waals surface area contributed by atoms with Gasteiger partial charge < -0.3 is 14.8 Å². The van der Waals surface area contributed by atoms with Crippen molar-refractivity contribution in [3.05, 3.63) is 59.8 Å². The molecule has 0 aliphatic carbocycles. The summed E-state index contributed by atoms with van der Waals surface area (Å²) in [5, 5.41) is 4.52. The molecule has 5 nitrogen and oxygen atoms in total. The molecule has 0 spiro atoms. The number of hydrogen-bond donors (Lipinski definition) is 1. The lowest BCUT2D eigenvalue weighted by atomic mass is 10.1. The summed E-state index contributed by atoms with van der Waals surface area (Å²) in [6.45, 7) is 2.03. The normalized spacial score (nSPS) is 14.1. The van der Waals surface area contributed by atoms with E-state index < -0.39 is 0 Å². The minimum atomic E-state index is -0.0940. The van der Waals surface area contributed by atoms with Crippen LogP contribution in [0.2, 0.25) is 5.02 Å². The molecule has 0 saturated carbocycles. The number of anilines is 1. The lowest BCUT2D eigenvalue weighted by Gasteiger charge is -2.27. The van der Waals surface area contributed by atoms with Crippen LogP contribution in [0.3, 0.4) is 0 Å². The number of carbonyl (C=O) groups is 2. The van der Waals surface area contributed by atoms with Gasteiger partial charge in [0.2, 0.25) is 11.8 Å². The number of rotatable bonds is 6. The Bertz CT molecular complexity index is 1060. The number of piperidine rings is 1. The van der Waals surface area contributed by atoms with Crippen molar-refractivity contribution in [2.45, 2.75) is 30.7 Å². The summed E-state index contributed by atoms with van der Waals surface area (Å²) >= 11 is 7.45. The van der Waals surface area contributed by atoms with E-state index in [0.29, 0.717) is 17.3 Å². The van der Waals surface area contributed by atoms with Gasteiger partial charge in [-0.25, -0.2) is 0 Å². The average molecular weight is 442 g/mol. The first-order valence-corrected chi connectivity index (χ1v) is 11.5. The van der Waals surface area contributed by atoms with Crippen LogP contribution in [0.5, 0.6) is 0 Å². The van der Waals surface area contributed by atoms with Crippen molar-refractivity contribution < 1.29 is 9.59 Å². The molecule has 0 bridgehead atoms. The molecule has 156 valence electrons. The molecule has 7 heteroatoms. The molecule has 2 amide bonds. The molecule has 2 aromatic carbocycles. The van der Waals surface area contributed by atoms with Crippen molar-refractivity contribution in [1.29, 1.82) is 0 Å². The molecule has 1 N–H and O–H groups in total. The number of para-hydroxylation sites is 1. The van der Waals surface area contributed by atoms with Crippen LogP contribution in [0.1, 0.15) is 19.3 Å². The zero-order chi connectivity index (χ0) is 20.9. The van der Waals surface area contributed by atoms with E-state index in [2.05, 4.69) is 5.32 Å². The van der Waals surface area contributed by atoms with E-state index in [-0.39, 0.29) is 17.6 Å². The van der Waals surface area contributed by atoms with Crippen LogP contribution in [-0.2, 0) is 16.1 Å². The fourth-order valence-electron chi connectivity index (χ4n) is 3.75. The van der Waals surface area contributed by atoms with Crippen LogP contribution in [0.25, 0.3) is 10.9 Å². The second-order valence-corrected chi connectivity index (χ2v) is 8.88. The predicted octanol–water partition coefficient (Wildman–Crippen LogP) is 5.04. The third kappa shape index (κ3) is 4.99. The van der Waals surface area contributed by atoms with Crippen LogP contribution in [0, 0.1) is 0 Å². The minimum absolute atomic E-state index is 0.0940. The van der Waals surface area contributed by atoms with E-state index in [1.54, 1.807) is 18.2 Å². The smallest absolute Gasteiger partial charge is 0.242 e. The highest BCUT2D eigenvalue weighted by Crippen LogP contribution is 2.30. The monoisotopic (exact) mass is 441 g/mol. The topological polar surface area (TPSA) is 54.3 Å². The number of amides is 2. The molecule has 1 aliphatic rings. The Morgan fingerprint density at radius 1 is 1.03 bits per heavy atom. The third-order valence-electron chi connectivity index (χ3n) is 5.23. The van der Waals surface area contributed by atoms with E-state index in [1.165, 1.54) is 18.2 Å². The van der Waals surface area contributed by atoms with Crippen LogP contribution in [-0.4, -0.2) is 40.1 Å². The van der Waals surface area contributed by atoms with Gasteiger partial charge in [-0.3, -0.25) is 9.59 Å². The van der Waals surface area contributed by atoms with Gasteiger partial charge in [0, 0.05) is 45.8 Å². The maximum Gasteiger partial charge on any atom is 0.242 e. The molecule has 0 unspecified atom stereocenters. The summed E-state index contributed by atoms with van der Waals surface area (Å²) in [7, 11) is 0. The van der Waals surface area contributed by atoms with Gasteiger partial charge in [0.05, 0.1) is 5.75 Å². The number of nitrogens with zero attached hydrogens (tertiary/aromatic N) is 2. The number of hydrogen-bond acceptors (Lipinski definition) is 3. The Balaban J connectivity index is 1.45. The van der Waals surface area contributed by atoms with Gasteiger partial charge in [-0.2, -0.15) is 0 Å². The quantitative estimate of drug-likeness (QED) is 0.545. The zero-order valence-corrected chi connectivity index (χ0v) is 18.2. The minimum Gasteiger partial charge on any atom is -0.341 e. The van der Waals surface area contributed by atoms with Crippen LogP contribution < -0.4 is 5.32 Å². The molecule has 1 fully saturated rings. The second-order valence-electron chi connectivity index (χ2n) is 7.43. The number of likely N-dealkylation sites (tertiary alicyclic amines) is 1. The third-order valence-corrected chi connectivity index (χ3v) is 6.51. The van der Waals surface area contributed by atoms with E-state index in [0.717, 1.165) is 41.7 Å². The van der Waals surface area contributed by atoms with E-state index in [9.17, 15) is 9.59 Å². The Labute approximate surface area is 185 Å². The lowest BCUT2D eigenvalue weighted by Crippen LogP contribution is -2.37. The first-order valence-electron chi connectivity index (χ1n) is 10.1. The van der Waals surface area contributed by atoms with Gasteiger partial charge in [0.25, 0.3) is 0 Å². The maximum absolute atomic E-state index is 12.7. The van der Waals surface area contributed by atoms with Crippen molar-refractivity contribution in [2.24, 2.45) is 0 Å². The molecule has 30 heavy (non-hydrogen) atoms. The number of benzene rings is 2. The summed E-state index contributed by atoms with van der Waals surface area (Å²) in [5.41, 5.74) is 1.70. The summed E-state index contributed by atoms with van der Waals surface area (Å²) in [6.07, 6.45) is 5.36. The van der Waals surface area contributed by atoms with Crippen LogP contribution >= 0.6 is 23.4 Å². The molecular formula is C23H24ClN3O2S. The Morgan fingerprint density at radius 3 is 2.63 bits per heavy atom.